The van der Waals surface area contributed by atoms with Crippen molar-refractivity contribution in [2.24, 2.45) is 0 Å². The lowest BCUT2D eigenvalue weighted by Crippen LogP contribution is -2.41. The van der Waals surface area contributed by atoms with Gasteiger partial charge in [0.05, 0.1) is 6.61 Å². The summed E-state index contributed by atoms with van der Waals surface area (Å²) in [6.07, 6.45) is 1.79. The first-order valence-electron chi connectivity index (χ1n) is 5.22. The van der Waals surface area contributed by atoms with Crippen LogP contribution in [0.1, 0.15) is 12.5 Å². The zero-order chi connectivity index (χ0) is 10.7. The van der Waals surface area contributed by atoms with Crippen molar-refractivity contribution in [2.75, 3.05) is 23.0 Å². The van der Waals surface area contributed by atoms with Gasteiger partial charge in [-0.1, -0.05) is 6.07 Å². The number of aliphatic hydroxyl groups excluding tert-OH is 1. The average Bonchev–Trinajstić information content (AvgIpc) is 2.30. The first-order chi connectivity index (χ1) is 7.33. The molecule has 1 fully saturated rings. The molecule has 0 saturated carbocycles. The Kier molecular flexibility index (Phi) is 3.49. The van der Waals surface area contributed by atoms with Gasteiger partial charge in [0.15, 0.2) is 0 Å². The maximum Gasteiger partial charge on any atom is 0.134 e. The van der Waals surface area contributed by atoms with Crippen molar-refractivity contribution in [2.45, 2.75) is 19.6 Å². The lowest BCUT2D eigenvalue weighted by atomic mass is 10.2. The molecule has 0 bridgehead atoms. The lowest BCUT2D eigenvalue weighted by molar-refractivity contribution is 0.281. The summed E-state index contributed by atoms with van der Waals surface area (Å²) in [5.41, 5.74) is 0.927. The molecule has 0 aliphatic carbocycles. The standard InChI is InChI=1S/C11H16N2OS/c1-9-8-15-6-5-13(9)11-10(7-14)3-2-4-12-11/h2-4,9,14H,5-8H2,1H3. The number of hydrogen-bond donors (Lipinski definition) is 1. The van der Waals surface area contributed by atoms with E-state index in [-0.39, 0.29) is 6.61 Å². The summed E-state index contributed by atoms with van der Waals surface area (Å²) in [7, 11) is 0. The maximum absolute atomic E-state index is 9.26. The van der Waals surface area contributed by atoms with Crippen molar-refractivity contribution in [3.8, 4) is 0 Å². The molecule has 1 aromatic heterocycles. The molecule has 82 valence electrons. The Balaban J connectivity index is 2.26. The van der Waals surface area contributed by atoms with Crippen LogP contribution in [0.3, 0.4) is 0 Å². The summed E-state index contributed by atoms with van der Waals surface area (Å²) in [5.74, 6) is 3.24. The molecule has 4 heteroatoms. The number of rotatable bonds is 2. The number of anilines is 1. The van der Waals surface area contributed by atoms with Crippen LogP contribution in [0, 0.1) is 0 Å². The second-order valence-corrected chi connectivity index (χ2v) is 4.91. The molecule has 1 atom stereocenters. The van der Waals surface area contributed by atoms with Crippen molar-refractivity contribution in [3.05, 3.63) is 23.9 Å². The second kappa shape index (κ2) is 4.86. The summed E-state index contributed by atoms with van der Waals surface area (Å²) >= 11 is 1.98. The normalized spacial score (nSPS) is 21.7. The number of hydrogen-bond acceptors (Lipinski definition) is 4. The van der Waals surface area contributed by atoms with E-state index in [1.165, 1.54) is 0 Å². The Hall–Kier alpha value is -0.740. The Labute approximate surface area is 94.5 Å². The third-order valence-corrected chi connectivity index (χ3v) is 3.87. The predicted molar refractivity (Wildman–Crippen MR) is 64.3 cm³/mol. The molecule has 0 amide bonds. The van der Waals surface area contributed by atoms with Crippen LogP contribution in [-0.2, 0) is 6.61 Å². The predicted octanol–water partition coefficient (Wildman–Crippen LogP) is 1.52. The third-order valence-electron chi connectivity index (χ3n) is 2.68. The van der Waals surface area contributed by atoms with E-state index in [0.717, 1.165) is 29.4 Å². The maximum atomic E-state index is 9.26. The van der Waals surface area contributed by atoms with Crippen LogP contribution in [0.4, 0.5) is 5.82 Å². The highest BCUT2D eigenvalue weighted by Gasteiger charge is 2.21. The van der Waals surface area contributed by atoms with Gasteiger partial charge in [0.25, 0.3) is 0 Å². The average molecular weight is 224 g/mol. The molecule has 0 spiro atoms. The Bertz CT molecular complexity index is 332. The van der Waals surface area contributed by atoms with E-state index in [1.807, 2.05) is 23.9 Å². The van der Waals surface area contributed by atoms with Gasteiger partial charge in [-0.15, -0.1) is 0 Å². The van der Waals surface area contributed by atoms with E-state index >= 15 is 0 Å². The molecule has 15 heavy (non-hydrogen) atoms. The van der Waals surface area contributed by atoms with Crippen molar-refractivity contribution < 1.29 is 5.11 Å². The Morgan fingerprint density at radius 1 is 1.67 bits per heavy atom. The minimum absolute atomic E-state index is 0.0690. The number of nitrogens with zero attached hydrogens (tertiary/aromatic N) is 2. The van der Waals surface area contributed by atoms with Crippen LogP contribution in [0.5, 0.6) is 0 Å². The number of pyridine rings is 1. The van der Waals surface area contributed by atoms with E-state index in [2.05, 4.69) is 16.8 Å². The SMILES string of the molecule is CC1CSCCN1c1ncccc1CO. The van der Waals surface area contributed by atoms with E-state index in [9.17, 15) is 5.11 Å². The van der Waals surface area contributed by atoms with E-state index in [0.29, 0.717) is 6.04 Å². The summed E-state index contributed by atoms with van der Waals surface area (Å²) in [6.45, 7) is 3.30. The minimum atomic E-state index is 0.0690. The van der Waals surface area contributed by atoms with Gasteiger partial charge >= 0.3 is 0 Å². The largest absolute Gasteiger partial charge is 0.392 e. The highest BCUT2D eigenvalue weighted by atomic mass is 32.2. The Morgan fingerprint density at radius 2 is 2.53 bits per heavy atom. The Morgan fingerprint density at radius 3 is 3.27 bits per heavy atom. The molecule has 2 rings (SSSR count). The lowest BCUT2D eigenvalue weighted by Gasteiger charge is -2.35. The molecule has 2 heterocycles. The fourth-order valence-corrected chi connectivity index (χ4v) is 2.87. The van der Waals surface area contributed by atoms with Gasteiger partial charge in [-0.05, 0) is 13.0 Å². The van der Waals surface area contributed by atoms with Crippen LogP contribution in [0.2, 0.25) is 0 Å². The van der Waals surface area contributed by atoms with Gasteiger partial charge in [0.1, 0.15) is 5.82 Å². The van der Waals surface area contributed by atoms with Crippen LogP contribution < -0.4 is 4.90 Å². The summed E-state index contributed by atoms with van der Waals surface area (Å²) in [5, 5.41) is 9.26. The van der Waals surface area contributed by atoms with Crippen molar-refractivity contribution in [1.29, 1.82) is 0 Å². The van der Waals surface area contributed by atoms with Crippen molar-refractivity contribution in [3.63, 3.8) is 0 Å². The molecular formula is C11H16N2OS. The first kappa shape index (κ1) is 10.8. The molecule has 1 unspecified atom stereocenters. The van der Waals surface area contributed by atoms with Crippen molar-refractivity contribution in [1.82, 2.24) is 4.98 Å². The number of thioether (sulfide) groups is 1. The third kappa shape index (κ3) is 2.26. The second-order valence-electron chi connectivity index (χ2n) is 3.76. The highest BCUT2D eigenvalue weighted by Crippen LogP contribution is 2.24. The van der Waals surface area contributed by atoms with Crippen LogP contribution in [0.25, 0.3) is 0 Å². The van der Waals surface area contributed by atoms with Crippen LogP contribution >= 0.6 is 11.8 Å². The fourth-order valence-electron chi connectivity index (χ4n) is 1.85. The summed E-state index contributed by atoms with van der Waals surface area (Å²) in [4.78, 5) is 6.67. The van der Waals surface area contributed by atoms with Gasteiger partial charge < -0.3 is 10.0 Å². The van der Waals surface area contributed by atoms with Crippen molar-refractivity contribution >= 4 is 17.6 Å². The molecule has 3 nitrogen and oxygen atoms in total. The zero-order valence-electron chi connectivity index (χ0n) is 8.89. The smallest absolute Gasteiger partial charge is 0.134 e. The van der Waals surface area contributed by atoms with E-state index < -0.39 is 0 Å². The van der Waals surface area contributed by atoms with Gasteiger partial charge in [-0.2, -0.15) is 11.8 Å². The minimum Gasteiger partial charge on any atom is -0.392 e. The van der Waals surface area contributed by atoms with Gasteiger partial charge in [0.2, 0.25) is 0 Å². The fraction of sp³-hybridized carbons (Fsp3) is 0.545. The highest BCUT2D eigenvalue weighted by molar-refractivity contribution is 7.99. The quantitative estimate of drug-likeness (QED) is 0.826. The number of aliphatic hydroxyl groups is 1. The van der Waals surface area contributed by atoms with Crippen LogP contribution in [-0.4, -0.2) is 34.2 Å². The van der Waals surface area contributed by atoms with E-state index in [4.69, 9.17) is 0 Å². The summed E-state index contributed by atoms with van der Waals surface area (Å²) < 4.78 is 0. The van der Waals surface area contributed by atoms with Gasteiger partial charge in [0, 0.05) is 35.9 Å². The molecule has 0 aromatic carbocycles. The molecule has 1 saturated heterocycles. The van der Waals surface area contributed by atoms with Gasteiger partial charge in [-0.25, -0.2) is 4.98 Å². The molecule has 0 radical (unpaired) electrons. The first-order valence-corrected chi connectivity index (χ1v) is 6.37. The van der Waals surface area contributed by atoms with Crippen LogP contribution in [0.15, 0.2) is 18.3 Å². The molecule has 1 aliphatic rings. The summed E-state index contributed by atoms with van der Waals surface area (Å²) in [6, 6.07) is 4.32. The molecule has 1 aromatic rings. The van der Waals surface area contributed by atoms with E-state index in [1.54, 1.807) is 6.20 Å². The molecule has 1 N–H and O–H groups in total. The molecular weight excluding hydrogens is 208 g/mol. The monoisotopic (exact) mass is 224 g/mol. The zero-order valence-corrected chi connectivity index (χ0v) is 9.70. The number of aromatic nitrogens is 1. The molecule has 1 aliphatic heterocycles. The topological polar surface area (TPSA) is 36.4 Å². The van der Waals surface area contributed by atoms with Gasteiger partial charge in [-0.3, -0.25) is 0 Å².